The molecule has 1 heterocycles. The summed E-state index contributed by atoms with van der Waals surface area (Å²) in [4.78, 5) is 13.6. The van der Waals surface area contributed by atoms with Gasteiger partial charge in [-0.2, -0.15) is 0 Å². The summed E-state index contributed by atoms with van der Waals surface area (Å²) in [6.07, 6.45) is 6.28. The van der Waals surface area contributed by atoms with Gasteiger partial charge in [0.05, 0.1) is 5.92 Å². The van der Waals surface area contributed by atoms with Crippen molar-refractivity contribution < 1.29 is 14.3 Å². The maximum absolute atomic E-state index is 13.2. The van der Waals surface area contributed by atoms with Crippen molar-refractivity contribution in [3.63, 3.8) is 0 Å². The monoisotopic (exact) mass is 305 g/mol. The summed E-state index contributed by atoms with van der Waals surface area (Å²) in [5.74, 6) is -0.559. The molecule has 1 aliphatic carbocycles. The van der Waals surface area contributed by atoms with E-state index in [0.29, 0.717) is 12.0 Å². The van der Waals surface area contributed by atoms with Crippen LogP contribution >= 0.6 is 0 Å². The number of aliphatic carboxylic acids is 1. The van der Waals surface area contributed by atoms with Crippen molar-refractivity contribution in [3.8, 4) is 0 Å². The summed E-state index contributed by atoms with van der Waals surface area (Å²) in [6, 6.07) is 7.42. The normalized spacial score (nSPS) is 27.7. The zero-order valence-electron chi connectivity index (χ0n) is 12.9. The van der Waals surface area contributed by atoms with Crippen LogP contribution in [0.1, 0.15) is 50.0 Å². The first-order valence-electron chi connectivity index (χ1n) is 8.37. The molecule has 2 aliphatic rings. The van der Waals surface area contributed by atoms with Crippen LogP contribution in [0.2, 0.25) is 0 Å². The van der Waals surface area contributed by atoms with E-state index >= 15 is 0 Å². The van der Waals surface area contributed by atoms with Crippen LogP contribution in [0.4, 0.5) is 4.39 Å². The highest BCUT2D eigenvalue weighted by atomic mass is 19.1. The third-order valence-corrected chi connectivity index (χ3v) is 5.38. The Morgan fingerprint density at radius 3 is 2.32 bits per heavy atom. The number of rotatable bonds is 3. The van der Waals surface area contributed by atoms with Crippen LogP contribution < -0.4 is 0 Å². The number of carbonyl (C=O) groups is 1. The Morgan fingerprint density at radius 2 is 1.68 bits per heavy atom. The summed E-state index contributed by atoms with van der Waals surface area (Å²) < 4.78 is 13.2. The molecule has 2 unspecified atom stereocenters. The predicted molar refractivity (Wildman–Crippen MR) is 83.3 cm³/mol. The van der Waals surface area contributed by atoms with E-state index in [1.807, 2.05) is 12.1 Å². The lowest BCUT2D eigenvalue weighted by Gasteiger charge is -2.43. The molecule has 2 atom stereocenters. The summed E-state index contributed by atoms with van der Waals surface area (Å²) in [7, 11) is 0. The minimum Gasteiger partial charge on any atom is -0.481 e. The number of carboxylic acid groups (broad SMARTS) is 1. The third kappa shape index (κ3) is 3.32. The van der Waals surface area contributed by atoms with Crippen LogP contribution in [0.5, 0.6) is 0 Å². The van der Waals surface area contributed by atoms with Crippen molar-refractivity contribution in [2.45, 2.75) is 50.5 Å². The predicted octanol–water partition coefficient (Wildman–Crippen LogP) is 3.65. The molecule has 1 saturated carbocycles. The van der Waals surface area contributed by atoms with Gasteiger partial charge in [-0.15, -0.1) is 0 Å². The molecule has 4 heteroatoms. The Morgan fingerprint density at radius 1 is 1.05 bits per heavy atom. The van der Waals surface area contributed by atoms with Gasteiger partial charge in [-0.1, -0.05) is 25.0 Å². The van der Waals surface area contributed by atoms with Gasteiger partial charge in [0.1, 0.15) is 5.82 Å². The first kappa shape index (κ1) is 15.5. The lowest BCUT2D eigenvalue weighted by Crippen LogP contribution is -2.46. The van der Waals surface area contributed by atoms with Crippen LogP contribution in [0.3, 0.4) is 0 Å². The molecule has 0 radical (unpaired) electrons. The second-order valence-electron chi connectivity index (χ2n) is 6.66. The number of piperidine rings is 1. The van der Waals surface area contributed by atoms with Crippen molar-refractivity contribution in [2.75, 3.05) is 13.1 Å². The van der Waals surface area contributed by atoms with Gasteiger partial charge < -0.3 is 5.11 Å². The fourth-order valence-electron chi connectivity index (χ4n) is 4.13. The van der Waals surface area contributed by atoms with Crippen LogP contribution in [0.15, 0.2) is 24.3 Å². The summed E-state index contributed by atoms with van der Waals surface area (Å²) >= 11 is 0. The number of benzene rings is 1. The van der Waals surface area contributed by atoms with Crippen LogP contribution in [0.25, 0.3) is 0 Å². The topological polar surface area (TPSA) is 40.5 Å². The lowest BCUT2D eigenvalue weighted by molar-refractivity contribution is -0.143. The molecule has 0 aromatic heterocycles. The standard InChI is InChI=1S/C18H24FNO2/c19-15-7-5-13(6-8-15)16-3-1-2-4-17(16)20-11-9-14(10-12-20)18(21)22/h5-8,14,16-17H,1-4,9-12H2,(H,21,22). The molecule has 2 fully saturated rings. The average Bonchev–Trinajstić information content (AvgIpc) is 2.56. The number of likely N-dealkylation sites (tertiary alicyclic amines) is 1. The van der Waals surface area contributed by atoms with Crippen LogP contribution in [-0.4, -0.2) is 35.1 Å². The molecule has 22 heavy (non-hydrogen) atoms. The van der Waals surface area contributed by atoms with E-state index in [9.17, 15) is 9.18 Å². The van der Waals surface area contributed by atoms with Crippen molar-refractivity contribution >= 4 is 5.97 Å². The number of hydrogen-bond donors (Lipinski definition) is 1. The van der Waals surface area contributed by atoms with Crippen LogP contribution in [-0.2, 0) is 4.79 Å². The minimum absolute atomic E-state index is 0.177. The highest BCUT2D eigenvalue weighted by Crippen LogP contribution is 2.37. The van der Waals surface area contributed by atoms with E-state index in [1.165, 1.54) is 24.8 Å². The average molecular weight is 305 g/mol. The van der Waals surface area contributed by atoms with Gasteiger partial charge in [0.15, 0.2) is 0 Å². The zero-order chi connectivity index (χ0) is 15.5. The second-order valence-corrected chi connectivity index (χ2v) is 6.66. The van der Waals surface area contributed by atoms with E-state index in [1.54, 1.807) is 12.1 Å². The van der Waals surface area contributed by atoms with Crippen molar-refractivity contribution in [2.24, 2.45) is 5.92 Å². The molecule has 0 bridgehead atoms. The first-order valence-corrected chi connectivity index (χ1v) is 8.37. The maximum atomic E-state index is 13.2. The van der Waals surface area contributed by atoms with Gasteiger partial charge in [-0.25, -0.2) is 4.39 Å². The molecule has 1 saturated heterocycles. The quantitative estimate of drug-likeness (QED) is 0.926. The van der Waals surface area contributed by atoms with Gasteiger partial charge in [-0.3, -0.25) is 9.69 Å². The summed E-state index contributed by atoms with van der Waals surface area (Å²) in [5, 5.41) is 9.14. The largest absolute Gasteiger partial charge is 0.481 e. The van der Waals surface area contributed by atoms with Gasteiger partial charge in [0.25, 0.3) is 0 Å². The molecule has 1 aliphatic heterocycles. The van der Waals surface area contributed by atoms with Gasteiger partial charge >= 0.3 is 5.97 Å². The molecular weight excluding hydrogens is 281 g/mol. The van der Waals surface area contributed by atoms with Gasteiger partial charge in [0.2, 0.25) is 0 Å². The number of carboxylic acids is 1. The molecule has 0 spiro atoms. The Kier molecular flexibility index (Phi) is 4.77. The van der Waals surface area contributed by atoms with E-state index < -0.39 is 5.97 Å². The molecule has 120 valence electrons. The second kappa shape index (κ2) is 6.78. The zero-order valence-corrected chi connectivity index (χ0v) is 12.9. The molecule has 1 N–H and O–H groups in total. The van der Waals surface area contributed by atoms with Crippen molar-refractivity contribution in [1.82, 2.24) is 4.90 Å². The highest BCUT2D eigenvalue weighted by molar-refractivity contribution is 5.70. The number of hydrogen-bond acceptors (Lipinski definition) is 2. The fraction of sp³-hybridized carbons (Fsp3) is 0.611. The number of halogens is 1. The molecule has 1 aromatic carbocycles. The Hall–Kier alpha value is -1.42. The van der Waals surface area contributed by atoms with Crippen molar-refractivity contribution in [3.05, 3.63) is 35.6 Å². The molecule has 1 aromatic rings. The van der Waals surface area contributed by atoms with Gasteiger partial charge in [0, 0.05) is 6.04 Å². The van der Waals surface area contributed by atoms with E-state index in [-0.39, 0.29) is 11.7 Å². The van der Waals surface area contributed by atoms with Crippen LogP contribution in [0, 0.1) is 11.7 Å². The maximum Gasteiger partial charge on any atom is 0.306 e. The third-order valence-electron chi connectivity index (χ3n) is 5.38. The summed E-state index contributed by atoms with van der Waals surface area (Å²) in [5.41, 5.74) is 1.23. The summed E-state index contributed by atoms with van der Waals surface area (Å²) in [6.45, 7) is 1.75. The Bertz CT molecular complexity index is 508. The van der Waals surface area contributed by atoms with Gasteiger partial charge in [-0.05, 0) is 62.4 Å². The smallest absolute Gasteiger partial charge is 0.306 e. The Balaban J connectivity index is 1.70. The minimum atomic E-state index is -0.654. The highest BCUT2D eigenvalue weighted by Gasteiger charge is 2.34. The fourth-order valence-corrected chi connectivity index (χ4v) is 4.13. The molecule has 3 nitrogen and oxygen atoms in total. The van der Waals surface area contributed by atoms with E-state index in [0.717, 1.165) is 32.4 Å². The number of nitrogens with zero attached hydrogens (tertiary/aromatic N) is 1. The van der Waals surface area contributed by atoms with E-state index in [4.69, 9.17) is 5.11 Å². The SMILES string of the molecule is O=C(O)C1CCN(C2CCCCC2c2ccc(F)cc2)CC1. The molecular formula is C18H24FNO2. The lowest BCUT2D eigenvalue weighted by atomic mass is 9.78. The molecule has 0 amide bonds. The van der Waals surface area contributed by atoms with Crippen molar-refractivity contribution in [1.29, 1.82) is 0 Å². The molecule has 3 rings (SSSR count). The Labute approximate surface area is 131 Å². The first-order chi connectivity index (χ1) is 10.6. The van der Waals surface area contributed by atoms with E-state index in [2.05, 4.69) is 4.90 Å².